The van der Waals surface area contributed by atoms with Crippen molar-refractivity contribution in [1.82, 2.24) is 5.32 Å². The van der Waals surface area contributed by atoms with E-state index in [4.69, 9.17) is 12.2 Å². The largest absolute Gasteiger partial charge is 0.332 e. The zero-order valence-corrected chi connectivity index (χ0v) is 11.6. The van der Waals surface area contributed by atoms with Crippen LogP contribution in [0.1, 0.15) is 15.9 Å². The van der Waals surface area contributed by atoms with Crippen LogP contribution < -0.4 is 10.6 Å². The van der Waals surface area contributed by atoms with Crippen molar-refractivity contribution < 1.29 is 9.18 Å². The molecule has 0 saturated heterocycles. The van der Waals surface area contributed by atoms with Gasteiger partial charge in [-0.05, 0) is 49.5 Å². The summed E-state index contributed by atoms with van der Waals surface area (Å²) in [6, 6.07) is 13.0. The molecule has 0 aromatic heterocycles. The van der Waals surface area contributed by atoms with Crippen molar-refractivity contribution in [1.29, 1.82) is 0 Å². The molecular formula is C15H13FN2OS. The van der Waals surface area contributed by atoms with E-state index in [0.717, 1.165) is 17.3 Å². The van der Waals surface area contributed by atoms with E-state index < -0.39 is 11.7 Å². The van der Waals surface area contributed by atoms with Gasteiger partial charge >= 0.3 is 0 Å². The fraction of sp³-hybridized carbons (Fsp3) is 0.0667. The maximum absolute atomic E-state index is 13.0. The molecule has 0 fully saturated rings. The Hall–Kier alpha value is -2.27. The Morgan fingerprint density at radius 2 is 1.85 bits per heavy atom. The fourth-order valence-electron chi connectivity index (χ4n) is 1.60. The number of amides is 1. The van der Waals surface area contributed by atoms with Crippen LogP contribution in [0, 0.1) is 12.7 Å². The molecule has 0 aliphatic rings. The lowest BCUT2D eigenvalue weighted by molar-refractivity contribution is 0.0977. The lowest BCUT2D eigenvalue weighted by atomic mass is 10.2. The summed E-state index contributed by atoms with van der Waals surface area (Å²) in [4.78, 5) is 11.8. The van der Waals surface area contributed by atoms with Crippen LogP contribution in [-0.2, 0) is 0 Å². The van der Waals surface area contributed by atoms with Crippen molar-refractivity contribution in [3.05, 3.63) is 65.5 Å². The van der Waals surface area contributed by atoms with Crippen LogP contribution in [0.2, 0.25) is 0 Å². The summed E-state index contributed by atoms with van der Waals surface area (Å²) in [5.74, 6) is -0.913. The van der Waals surface area contributed by atoms with Crippen LogP contribution in [0.4, 0.5) is 10.1 Å². The molecule has 2 rings (SSSR count). The highest BCUT2D eigenvalue weighted by molar-refractivity contribution is 7.80. The predicted octanol–water partition coefficient (Wildman–Crippen LogP) is 3.26. The number of carbonyl (C=O) groups excluding carboxylic acids is 1. The Kier molecular flexibility index (Phi) is 4.42. The molecule has 20 heavy (non-hydrogen) atoms. The van der Waals surface area contributed by atoms with Crippen molar-refractivity contribution in [2.24, 2.45) is 0 Å². The van der Waals surface area contributed by atoms with Crippen LogP contribution >= 0.6 is 12.2 Å². The van der Waals surface area contributed by atoms with Crippen LogP contribution in [0.5, 0.6) is 0 Å². The predicted molar refractivity (Wildman–Crippen MR) is 81.3 cm³/mol. The zero-order valence-electron chi connectivity index (χ0n) is 10.8. The Morgan fingerprint density at radius 1 is 1.15 bits per heavy atom. The van der Waals surface area contributed by atoms with Gasteiger partial charge in [-0.15, -0.1) is 0 Å². The normalized spacial score (nSPS) is 9.90. The minimum Gasteiger partial charge on any atom is -0.332 e. The first-order chi connectivity index (χ1) is 9.54. The van der Waals surface area contributed by atoms with Crippen LogP contribution in [0.3, 0.4) is 0 Å². The number of rotatable bonds is 2. The first-order valence-electron chi connectivity index (χ1n) is 5.99. The summed E-state index contributed by atoms with van der Waals surface area (Å²) in [6.45, 7) is 1.98. The molecule has 2 aromatic rings. The van der Waals surface area contributed by atoms with Crippen molar-refractivity contribution in [2.45, 2.75) is 6.92 Å². The number of carbonyl (C=O) groups is 1. The molecule has 0 spiro atoms. The van der Waals surface area contributed by atoms with Gasteiger partial charge in [0.05, 0.1) is 0 Å². The molecule has 102 valence electrons. The summed E-state index contributed by atoms with van der Waals surface area (Å²) >= 11 is 5.04. The summed E-state index contributed by atoms with van der Waals surface area (Å²) in [7, 11) is 0. The van der Waals surface area contributed by atoms with Gasteiger partial charge in [0.15, 0.2) is 5.11 Å². The second kappa shape index (κ2) is 6.25. The second-order valence-corrected chi connectivity index (χ2v) is 4.69. The first-order valence-corrected chi connectivity index (χ1v) is 6.40. The number of benzene rings is 2. The number of halogens is 1. The van der Waals surface area contributed by atoms with Gasteiger partial charge in [0, 0.05) is 11.3 Å². The molecule has 0 unspecified atom stereocenters. The van der Waals surface area contributed by atoms with Gasteiger partial charge in [-0.1, -0.05) is 23.8 Å². The number of nitrogens with one attached hydrogen (secondary N) is 2. The molecule has 1 amide bonds. The van der Waals surface area contributed by atoms with Gasteiger partial charge in [-0.3, -0.25) is 10.1 Å². The topological polar surface area (TPSA) is 41.1 Å². The summed E-state index contributed by atoms with van der Waals surface area (Å²) in [5.41, 5.74) is 2.13. The maximum Gasteiger partial charge on any atom is 0.257 e. The summed E-state index contributed by atoms with van der Waals surface area (Å²) < 4.78 is 13.0. The van der Waals surface area contributed by atoms with Gasteiger partial charge in [-0.25, -0.2) is 4.39 Å². The molecule has 0 radical (unpaired) electrons. The smallest absolute Gasteiger partial charge is 0.257 e. The Morgan fingerprint density at radius 3 is 2.50 bits per heavy atom. The Labute approximate surface area is 121 Å². The van der Waals surface area contributed by atoms with Gasteiger partial charge in [0.25, 0.3) is 5.91 Å². The zero-order chi connectivity index (χ0) is 14.5. The minimum absolute atomic E-state index is 0.170. The molecule has 0 atom stereocenters. The van der Waals surface area contributed by atoms with Gasteiger partial charge in [0.1, 0.15) is 5.82 Å². The molecule has 2 N–H and O–H groups in total. The van der Waals surface area contributed by atoms with Gasteiger partial charge in [0.2, 0.25) is 0 Å². The number of aryl methyl sites for hydroxylation is 1. The van der Waals surface area contributed by atoms with Crippen molar-refractivity contribution in [3.8, 4) is 0 Å². The van der Waals surface area contributed by atoms with E-state index in [0.29, 0.717) is 0 Å². The fourth-order valence-corrected chi connectivity index (χ4v) is 1.81. The van der Waals surface area contributed by atoms with E-state index >= 15 is 0 Å². The van der Waals surface area contributed by atoms with E-state index in [9.17, 15) is 9.18 Å². The van der Waals surface area contributed by atoms with Gasteiger partial charge < -0.3 is 5.32 Å². The molecule has 5 heteroatoms. The van der Waals surface area contributed by atoms with E-state index in [1.165, 1.54) is 18.2 Å². The van der Waals surface area contributed by atoms with Crippen LogP contribution in [0.15, 0.2) is 48.5 Å². The third kappa shape index (κ3) is 3.86. The van der Waals surface area contributed by atoms with Crippen molar-refractivity contribution >= 4 is 28.9 Å². The molecule has 0 saturated carbocycles. The first kappa shape index (κ1) is 14.1. The van der Waals surface area contributed by atoms with Crippen LogP contribution in [0.25, 0.3) is 0 Å². The Balaban J connectivity index is 1.97. The third-order valence-electron chi connectivity index (χ3n) is 2.62. The standard InChI is InChI=1S/C15H13FN2OS/c1-10-5-7-13(8-6-10)17-15(20)18-14(19)11-3-2-4-12(16)9-11/h2-9H,1H3,(H2,17,18,19,20). The van der Waals surface area contributed by atoms with E-state index in [1.807, 2.05) is 31.2 Å². The monoisotopic (exact) mass is 288 g/mol. The van der Waals surface area contributed by atoms with Crippen LogP contribution in [-0.4, -0.2) is 11.0 Å². The summed E-state index contributed by atoms with van der Waals surface area (Å²) in [6.07, 6.45) is 0. The third-order valence-corrected chi connectivity index (χ3v) is 2.83. The summed E-state index contributed by atoms with van der Waals surface area (Å²) in [5, 5.41) is 5.56. The van der Waals surface area contributed by atoms with Crippen molar-refractivity contribution in [3.63, 3.8) is 0 Å². The highest BCUT2D eigenvalue weighted by atomic mass is 32.1. The molecule has 0 heterocycles. The average Bonchev–Trinajstić information content (AvgIpc) is 2.41. The molecule has 3 nitrogen and oxygen atoms in total. The molecule has 2 aromatic carbocycles. The van der Waals surface area contributed by atoms with E-state index in [2.05, 4.69) is 10.6 Å². The van der Waals surface area contributed by atoms with E-state index in [1.54, 1.807) is 0 Å². The lowest BCUT2D eigenvalue weighted by Crippen LogP contribution is -2.34. The number of thiocarbonyl (C=S) groups is 1. The van der Waals surface area contributed by atoms with E-state index in [-0.39, 0.29) is 10.7 Å². The Bertz CT molecular complexity index is 641. The SMILES string of the molecule is Cc1ccc(NC(=S)NC(=O)c2cccc(F)c2)cc1. The highest BCUT2D eigenvalue weighted by Gasteiger charge is 2.08. The molecule has 0 bridgehead atoms. The number of hydrogen-bond donors (Lipinski definition) is 2. The average molecular weight is 288 g/mol. The van der Waals surface area contributed by atoms with Crippen molar-refractivity contribution in [2.75, 3.05) is 5.32 Å². The van der Waals surface area contributed by atoms with Gasteiger partial charge in [-0.2, -0.15) is 0 Å². The second-order valence-electron chi connectivity index (χ2n) is 4.28. The number of hydrogen-bond acceptors (Lipinski definition) is 2. The highest BCUT2D eigenvalue weighted by Crippen LogP contribution is 2.08. The molecule has 0 aliphatic carbocycles. The molecular weight excluding hydrogens is 275 g/mol. The minimum atomic E-state index is -0.463. The quantitative estimate of drug-likeness (QED) is 0.833. The molecule has 0 aliphatic heterocycles. The number of anilines is 1. The maximum atomic E-state index is 13.0. The lowest BCUT2D eigenvalue weighted by Gasteiger charge is -2.09.